The predicted molar refractivity (Wildman–Crippen MR) is 80.3 cm³/mol. The minimum Gasteiger partial charge on any atom is -0.451 e. The minimum atomic E-state index is -0.721. The highest BCUT2D eigenvalue weighted by Crippen LogP contribution is 2.20. The molecular formula is C14H10ClN5O3. The van der Waals surface area contributed by atoms with Crippen LogP contribution in [0, 0.1) is 0 Å². The molecule has 2 aromatic heterocycles. The molecule has 2 heterocycles. The van der Waals surface area contributed by atoms with E-state index in [4.69, 9.17) is 26.5 Å². The number of anilines is 1. The Morgan fingerprint density at radius 1 is 1.17 bits per heavy atom. The molecule has 0 bridgehead atoms. The van der Waals surface area contributed by atoms with Gasteiger partial charge in [0, 0.05) is 23.0 Å². The lowest BCUT2D eigenvalue weighted by molar-refractivity contribution is 0.0432. The molecule has 0 aliphatic rings. The monoisotopic (exact) mass is 331 g/mol. The van der Waals surface area contributed by atoms with Gasteiger partial charge in [0.15, 0.2) is 18.1 Å². The fraction of sp³-hybridized carbons (Fsp3) is 0.0714. The van der Waals surface area contributed by atoms with Gasteiger partial charge in [-0.1, -0.05) is 11.6 Å². The van der Waals surface area contributed by atoms with Crippen molar-refractivity contribution in [3.05, 3.63) is 53.3 Å². The van der Waals surface area contributed by atoms with Crippen LogP contribution in [0.2, 0.25) is 5.02 Å². The Bertz CT molecular complexity index is 834. The first-order valence-corrected chi connectivity index (χ1v) is 6.83. The van der Waals surface area contributed by atoms with Crippen LogP contribution in [0.3, 0.4) is 0 Å². The van der Waals surface area contributed by atoms with Crippen LogP contribution in [0.4, 0.5) is 5.82 Å². The fourth-order valence-corrected chi connectivity index (χ4v) is 1.85. The number of ether oxygens (including phenoxy) is 1. The number of nitrogens with zero attached hydrogens (tertiary/aromatic N) is 4. The van der Waals surface area contributed by atoms with Gasteiger partial charge in [0.25, 0.3) is 5.89 Å². The number of benzene rings is 1. The molecule has 0 spiro atoms. The highest BCUT2D eigenvalue weighted by atomic mass is 35.5. The molecule has 2 N–H and O–H groups in total. The largest absolute Gasteiger partial charge is 0.451 e. The number of esters is 1. The molecule has 9 heteroatoms. The highest BCUT2D eigenvalue weighted by Gasteiger charge is 2.16. The molecule has 0 aliphatic carbocycles. The van der Waals surface area contributed by atoms with E-state index in [1.54, 1.807) is 24.3 Å². The van der Waals surface area contributed by atoms with Gasteiger partial charge < -0.3 is 14.9 Å². The van der Waals surface area contributed by atoms with Crippen molar-refractivity contribution in [2.75, 3.05) is 5.73 Å². The number of hydrogen-bond acceptors (Lipinski definition) is 8. The number of rotatable bonds is 4. The van der Waals surface area contributed by atoms with Crippen LogP contribution in [0.1, 0.15) is 16.4 Å². The van der Waals surface area contributed by atoms with Gasteiger partial charge in [-0.25, -0.2) is 14.8 Å². The Balaban J connectivity index is 1.67. The summed E-state index contributed by atoms with van der Waals surface area (Å²) in [5.41, 5.74) is 6.19. The molecule has 0 unspecified atom stereocenters. The molecule has 116 valence electrons. The maximum atomic E-state index is 11.8. The number of aromatic nitrogens is 4. The predicted octanol–water partition coefficient (Wildman–Crippen LogP) is 2.12. The van der Waals surface area contributed by atoms with Gasteiger partial charge >= 0.3 is 5.97 Å². The third-order valence-corrected chi connectivity index (χ3v) is 3.06. The lowest BCUT2D eigenvalue weighted by Gasteiger charge is -2.02. The number of carbonyl (C=O) groups is 1. The average Bonchev–Trinajstić information content (AvgIpc) is 3.03. The van der Waals surface area contributed by atoms with Crippen molar-refractivity contribution in [2.45, 2.75) is 6.61 Å². The van der Waals surface area contributed by atoms with Crippen LogP contribution in [0.25, 0.3) is 11.5 Å². The van der Waals surface area contributed by atoms with E-state index < -0.39 is 5.97 Å². The number of carbonyl (C=O) groups excluding carboxylic acids is 1. The van der Waals surface area contributed by atoms with Crippen LogP contribution >= 0.6 is 11.6 Å². The smallest absolute Gasteiger partial charge is 0.361 e. The molecule has 0 amide bonds. The minimum absolute atomic E-state index is 0.00937. The summed E-state index contributed by atoms with van der Waals surface area (Å²) in [5.74, 6) is -0.288. The maximum absolute atomic E-state index is 11.8. The van der Waals surface area contributed by atoms with Gasteiger partial charge in [0.1, 0.15) is 0 Å². The van der Waals surface area contributed by atoms with Crippen LogP contribution in [-0.4, -0.2) is 26.1 Å². The molecule has 0 fully saturated rings. The molecule has 1 aromatic carbocycles. The van der Waals surface area contributed by atoms with Crippen molar-refractivity contribution in [3.63, 3.8) is 0 Å². The van der Waals surface area contributed by atoms with Crippen molar-refractivity contribution in [1.82, 2.24) is 20.2 Å². The second-order valence-corrected chi connectivity index (χ2v) is 4.81. The first kappa shape index (κ1) is 14.9. The zero-order chi connectivity index (χ0) is 16.2. The molecule has 3 aromatic rings. The van der Waals surface area contributed by atoms with Crippen LogP contribution < -0.4 is 5.73 Å². The van der Waals surface area contributed by atoms with Gasteiger partial charge in [0.05, 0.1) is 0 Å². The van der Waals surface area contributed by atoms with E-state index in [-0.39, 0.29) is 24.0 Å². The van der Waals surface area contributed by atoms with Gasteiger partial charge in [0.2, 0.25) is 5.89 Å². The van der Waals surface area contributed by atoms with E-state index in [0.29, 0.717) is 16.5 Å². The molecular weight excluding hydrogens is 322 g/mol. The summed E-state index contributed by atoms with van der Waals surface area (Å²) in [6, 6.07) is 6.90. The molecule has 23 heavy (non-hydrogen) atoms. The Morgan fingerprint density at radius 2 is 1.91 bits per heavy atom. The first-order chi connectivity index (χ1) is 11.1. The summed E-state index contributed by atoms with van der Waals surface area (Å²) in [7, 11) is 0. The average molecular weight is 332 g/mol. The standard InChI is InChI=1S/C14H10ClN5O3/c15-9-3-1-8(2-4-9)13-20-19-10(23-13)7-22-14(21)11-12(16)18-6-5-17-11/h1-6H,7H2,(H2,16,18). The van der Waals surface area contributed by atoms with Crippen LogP contribution in [-0.2, 0) is 11.3 Å². The van der Waals surface area contributed by atoms with Crippen molar-refractivity contribution in [2.24, 2.45) is 0 Å². The first-order valence-electron chi connectivity index (χ1n) is 6.45. The Labute approximate surface area is 135 Å². The summed E-state index contributed by atoms with van der Waals surface area (Å²) in [6.07, 6.45) is 2.72. The maximum Gasteiger partial charge on any atom is 0.361 e. The number of nitrogens with two attached hydrogens (primary N) is 1. The van der Waals surface area contributed by atoms with E-state index in [2.05, 4.69) is 20.2 Å². The number of hydrogen-bond donors (Lipinski definition) is 1. The molecule has 0 saturated heterocycles. The lowest BCUT2D eigenvalue weighted by Crippen LogP contribution is -2.11. The van der Waals surface area contributed by atoms with Gasteiger partial charge in [-0.3, -0.25) is 0 Å². The van der Waals surface area contributed by atoms with Gasteiger partial charge in [-0.2, -0.15) is 0 Å². The normalized spacial score (nSPS) is 10.5. The molecule has 0 radical (unpaired) electrons. The Hall–Kier alpha value is -3.00. The summed E-state index contributed by atoms with van der Waals surface area (Å²) in [4.78, 5) is 19.4. The van der Waals surface area contributed by atoms with Crippen molar-refractivity contribution < 1.29 is 13.9 Å². The number of nitrogen functional groups attached to an aromatic ring is 1. The van der Waals surface area contributed by atoms with Gasteiger partial charge in [-0.15, -0.1) is 10.2 Å². The van der Waals surface area contributed by atoms with Crippen LogP contribution in [0.15, 0.2) is 41.1 Å². The summed E-state index contributed by atoms with van der Waals surface area (Å²) in [5, 5.41) is 8.29. The molecule has 3 rings (SSSR count). The Morgan fingerprint density at radius 3 is 2.65 bits per heavy atom. The topological polar surface area (TPSA) is 117 Å². The summed E-state index contributed by atoms with van der Waals surface area (Å²) >= 11 is 5.81. The fourth-order valence-electron chi connectivity index (χ4n) is 1.72. The van der Waals surface area contributed by atoms with E-state index in [1.165, 1.54) is 12.4 Å². The molecule has 0 saturated carbocycles. The Kier molecular flexibility index (Phi) is 4.15. The van der Waals surface area contributed by atoms with Crippen molar-refractivity contribution in [3.8, 4) is 11.5 Å². The van der Waals surface area contributed by atoms with E-state index in [1.807, 2.05) is 0 Å². The second-order valence-electron chi connectivity index (χ2n) is 4.37. The summed E-state index contributed by atoms with van der Waals surface area (Å²) in [6.45, 7) is -0.199. The zero-order valence-electron chi connectivity index (χ0n) is 11.6. The third kappa shape index (κ3) is 3.43. The summed E-state index contributed by atoms with van der Waals surface area (Å²) < 4.78 is 10.4. The third-order valence-electron chi connectivity index (χ3n) is 2.80. The zero-order valence-corrected chi connectivity index (χ0v) is 12.4. The van der Waals surface area contributed by atoms with E-state index >= 15 is 0 Å². The van der Waals surface area contributed by atoms with E-state index in [0.717, 1.165) is 0 Å². The second kappa shape index (κ2) is 6.41. The lowest BCUT2D eigenvalue weighted by atomic mass is 10.2. The van der Waals surface area contributed by atoms with Crippen molar-refractivity contribution >= 4 is 23.4 Å². The number of halogens is 1. The quantitative estimate of drug-likeness (QED) is 0.722. The molecule has 0 aliphatic heterocycles. The van der Waals surface area contributed by atoms with Crippen LogP contribution in [0.5, 0.6) is 0 Å². The molecule has 0 atom stereocenters. The van der Waals surface area contributed by atoms with Crippen molar-refractivity contribution in [1.29, 1.82) is 0 Å². The van der Waals surface area contributed by atoms with E-state index in [9.17, 15) is 4.79 Å². The molecule has 8 nitrogen and oxygen atoms in total. The SMILES string of the molecule is Nc1nccnc1C(=O)OCc1nnc(-c2ccc(Cl)cc2)o1. The highest BCUT2D eigenvalue weighted by molar-refractivity contribution is 6.30. The van der Waals surface area contributed by atoms with Gasteiger partial charge in [-0.05, 0) is 24.3 Å².